The number of hydrogen-bond acceptors (Lipinski definition) is 4. The Hall–Kier alpha value is -2.41. The molecule has 1 fully saturated rings. The molecule has 0 unspecified atom stereocenters. The topological polar surface area (TPSA) is 62.6 Å². The van der Waals surface area contributed by atoms with Crippen molar-refractivity contribution in [2.75, 3.05) is 11.1 Å². The van der Waals surface area contributed by atoms with Crippen LogP contribution in [0.2, 0.25) is 10.0 Å². The van der Waals surface area contributed by atoms with Crippen molar-refractivity contribution < 1.29 is 14.0 Å². The van der Waals surface area contributed by atoms with Gasteiger partial charge in [0.05, 0.1) is 18.6 Å². The third kappa shape index (κ3) is 4.61. The number of rotatable bonds is 5. The van der Waals surface area contributed by atoms with Crippen LogP contribution in [0.15, 0.2) is 65.3 Å². The molecule has 5 nitrogen and oxygen atoms in total. The summed E-state index contributed by atoms with van der Waals surface area (Å²) >= 11 is 13.5. The van der Waals surface area contributed by atoms with Crippen molar-refractivity contribution in [3.8, 4) is 0 Å². The van der Waals surface area contributed by atoms with Gasteiger partial charge in [0.1, 0.15) is 11.1 Å². The summed E-state index contributed by atoms with van der Waals surface area (Å²) in [4.78, 5) is 26.6. The van der Waals surface area contributed by atoms with E-state index in [0.717, 1.165) is 11.3 Å². The van der Waals surface area contributed by atoms with Gasteiger partial charge in [-0.25, -0.2) is 0 Å². The van der Waals surface area contributed by atoms with Gasteiger partial charge in [-0.3, -0.25) is 9.59 Å². The molecule has 29 heavy (non-hydrogen) atoms. The minimum atomic E-state index is -0.266. The Bertz CT molecular complexity index is 1020. The van der Waals surface area contributed by atoms with Crippen molar-refractivity contribution in [2.45, 2.75) is 11.9 Å². The maximum Gasteiger partial charge on any atom is 0.255 e. The van der Waals surface area contributed by atoms with Gasteiger partial charge in [-0.05, 0) is 48.0 Å². The smallest absolute Gasteiger partial charge is 0.255 e. The summed E-state index contributed by atoms with van der Waals surface area (Å²) in [5.74, 6) is 0.957. The number of carbonyl (C=O) groups excluding carboxylic acids is 2. The maximum atomic E-state index is 12.5. The molecule has 8 heteroatoms. The SMILES string of the molecule is O=C(Nc1cc(Cl)cc(Cl)c1)c1ccc([C@@H]2SCC(=O)N2Cc2ccco2)cc1. The highest BCUT2D eigenvalue weighted by atomic mass is 35.5. The van der Waals surface area contributed by atoms with E-state index >= 15 is 0 Å². The molecule has 0 bridgehead atoms. The number of furan rings is 1. The Labute approximate surface area is 182 Å². The minimum Gasteiger partial charge on any atom is -0.467 e. The van der Waals surface area contributed by atoms with Gasteiger partial charge in [0.15, 0.2) is 0 Å². The molecular weight excluding hydrogens is 431 g/mol. The van der Waals surface area contributed by atoms with Crippen molar-refractivity contribution in [1.82, 2.24) is 4.90 Å². The van der Waals surface area contributed by atoms with Gasteiger partial charge in [0, 0.05) is 21.3 Å². The lowest BCUT2D eigenvalue weighted by Gasteiger charge is -2.23. The zero-order valence-electron chi connectivity index (χ0n) is 15.1. The summed E-state index contributed by atoms with van der Waals surface area (Å²) in [6, 6.07) is 15.7. The zero-order chi connectivity index (χ0) is 20.4. The molecule has 1 aliphatic heterocycles. The van der Waals surface area contributed by atoms with E-state index in [1.54, 1.807) is 59.3 Å². The lowest BCUT2D eigenvalue weighted by atomic mass is 10.1. The first-order valence-electron chi connectivity index (χ1n) is 8.80. The number of anilines is 1. The van der Waals surface area contributed by atoms with Crippen LogP contribution in [0.1, 0.15) is 27.1 Å². The molecule has 3 aromatic rings. The standard InChI is InChI=1S/C21H16Cl2N2O3S/c22-15-8-16(23)10-17(9-15)24-20(27)13-3-5-14(6-4-13)21-25(19(26)12-29-21)11-18-2-1-7-28-18/h1-10,21H,11-12H2,(H,24,27)/t21-/m0/s1. The highest BCUT2D eigenvalue weighted by molar-refractivity contribution is 8.00. The monoisotopic (exact) mass is 446 g/mol. The second-order valence-corrected chi connectivity index (χ2v) is 8.44. The summed E-state index contributed by atoms with van der Waals surface area (Å²) in [6.07, 6.45) is 1.60. The maximum absolute atomic E-state index is 12.5. The second kappa shape index (κ2) is 8.53. The van der Waals surface area contributed by atoms with Crippen molar-refractivity contribution in [3.05, 3.63) is 87.8 Å². The molecule has 2 heterocycles. The second-order valence-electron chi connectivity index (χ2n) is 6.50. The Kier molecular flexibility index (Phi) is 5.85. The van der Waals surface area contributed by atoms with E-state index in [0.29, 0.717) is 33.6 Å². The average molecular weight is 447 g/mol. The number of hydrogen-bond donors (Lipinski definition) is 1. The summed E-state index contributed by atoms with van der Waals surface area (Å²) in [7, 11) is 0. The molecule has 148 valence electrons. The highest BCUT2D eigenvalue weighted by Gasteiger charge is 2.33. The predicted octanol–water partition coefficient (Wildman–Crippen LogP) is 5.61. The summed E-state index contributed by atoms with van der Waals surface area (Å²) in [5.41, 5.74) is 1.98. The molecule has 1 N–H and O–H groups in total. The average Bonchev–Trinajstić information content (AvgIpc) is 3.32. The first-order chi connectivity index (χ1) is 14.0. The van der Waals surface area contributed by atoms with E-state index in [9.17, 15) is 9.59 Å². The van der Waals surface area contributed by atoms with E-state index in [2.05, 4.69) is 5.32 Å². The largest absolute Gasteiger partial charge is 0.467 e. The van der Waals surface area contributed by atoms with Crippen LogP contribution < -0.4 is 5.32 Å². The summed E-state index contributed by atoms with van der Waals surface area (Å²) in [6.45, 7) is 0.418. The number of nitrogens with one attached hydrogen (secondary N) is 1. The zero-order valence-corrected chi connectivity index (χ0v) is 17.4. The summed E-state index contributed by atoms with van der Waals surface area (Å²) in [5, 5.41) is 3.56. The van der Waals surface area contributed by atoms with Gasteiger partial charge < -0.3 is 14.6 Å². The normalized spacial score (nSPS) is 16.3. The Morgan fingerprint density at radius 3 is 2.52 bits per heavy atom. The minimum absolute atomic E-state index is 0.0658. The number of benzene rings is 2. The number of carbonyl (C=O) groups is 2. The van der Waals surface area contributed by atoms with E-state index < -0.39 is 0 Å². The molecule has 4 rings (SSSR count). The predicted molar refractivity (Wildman–Crippen MR) is 115 cm³/mol. The van der Waals surface area contributed by atoms with Crippen LogP contribution in [-0.4, -0.2) is 22.5 Å². The molecule has 0 radical (unpaired) electrons. The molecule has 1 aliphatic rings. The van der Waals surface area contributed by atoms with Crippen LogP contribution >= 0.6 is 35.0 Å². The third-order valence-electron chi connectivity index (χ3n) is 4.45. The first-order valence-corrected chi connectivity index (χ1v) is 10.6. The van der Waals surface area contributed by atoms with Gasteiger partial charge in [0.25, 0.3) is 5.91 Å². The van der Waals surface area contributed by atoms with Crippen LogP contribution in [0.5, 0.6) is 0 Å². The first kappa shape index (κ1) is 19.9. The van der Waals surface area contributed by atoms with E-state index in [1.165, 1.54) is 0 Å². The van der Waals surface area contributed by atoms with Gasteiger partial charge in [0.2, 0.25) is 5.91 Å². The van der Waals surface area contributed by atoms with Crippen molar-refractivity contribution >= 4 is 52.5 Å². The fraction of sp³-hybridized carbons (Fsp3) is 0.143. The quantitative estimate of drug-likeness (QED) is 0.552. The van der Waals surface area contributed by atoms with E-state index in [-0.39, 0.29) is 17.2 Å². The Morgan fingerprint density at radius 2 is 1.86 bits per heavy atom. The molecule has 1 aromatic heterocycles. The lowest BCUT2D eigenvalue weighted by Crippen LogP contribution is -2.27. The highest BCUT2D eigenvalue weighted by Crippen LogP contribution is 2.39. The number of nitrogens with zero attached hydrogens (tertiary/aromatic N) is 1. The van der Waals surface area contributed by atoms with Gasteiger partial charge in [-0.15, -0.1) is 11.8 Å². The van der Waals surface area contributed by atoms with Crippen molar-refractivity contribution in [2.24, 2.45) is 0 Å². The van der Waals surface area contributed by atoms with Crippen molar-refractivity contribution in [3.63, 3.8) is 0 Å². The lowest BCUT2D eigenvalue weighted by molar-refractivity contribution is -0.128. The molecule has 0 saturated carbocycles. The molecule has 0 spiro atoms. The Balaban J connectivity index is 1.48. The van der Waals surface area contributed by atoms with Crippen LogP contribution in [0.25, 0.3) is 0 Å². The fourth-order valence-electron chi connectivity index (χ4n) is 3.10. The molecule has 0 aliphatic carbocycles. The number of amides is 2. The van der Waals surface area contributed by atoms with Crippen LogP contribution in [-0.2, 0) is 11.3 Å². The van der Waals surface area contributed by atoms with Gasteiger partial charge in [-0.2, -0.15) is 0 Å². The van der Waals surface area contributed by atoms with E-state index in [4.69, 9.17) is 27.6 Å². The fourth-order valence-corrected chi connectivity index (χ4v) is 4.81. The molecule has 1 atom stereocenters. The number of halogens is 2. The third-order valence-corrected chi connectivity index (χ3v) is 6.15. The Morgan fingerprint density at radius 1 is 1.14 bits per heavy atom. The van der Waals surface area contributed by atoms with Gasteiger partial charge >= 0.3 is 0 Å². The van der Waals surface area contributed by atoms with Crippen LogP contribution in [0.4, 0.5) is 5.69 Å². The number of thioether (sulfide) groups is 1. The molecular formula is C21H16Cl2N2O3S. The summed E-state index contributed by atoms with van der Waals surface area (Å²) < 4.78 is 5.38. The van der Waals surface area contributed by atoms with Crippen LogP contribution in [0, 0.1) is 0 Å². The molecule has 2 aromatic carbocycles. The van der Waals surface area contributed by atoms with E-state index in [1.807, 2.05) is 18.2 Å². The van der Waals surface area contributed by atoms with Gasteiger partial charge in [-0.1, -0.05) is 35.3 Å². The molecule has 1 saturated heterocycles. The molecule has 2 amide bonds. The van der Waals surface area contributed by atoms with Crippen LogP contribution in [0.3, 0.4) is 0 Å². The van der Waals surface area contributed by atoms with Crippen molar-refractivity contribution in [1.29, 1.82) is 0 Å².